The molecule has 150 valence electrons. The summed E-state index contributed by atoms with van der Waals surface area (Å²) in [4.78, 5) is 26.3. The monoisotopic (exact) mass is 386 g/mol. The molecule has 0 aliphatic rings. The molecule has 0 N–H and O–H groups in total. The molecule has 0 saturated heterocycles. The third-order valence-electron chi connectivity index (χ3n) is 4.18. The Hall–Kier alpha value is -3.09. The molecule has 1 aromatic carbocycles. The van der Waals surface area contributed by atoms with Crippen molar-refractivity contribution in [2.75, 3.05) is 19.7 Å². The Kier molecular flexibility index (Phi) is 7.37. The molecule has 0 fully saturated rings. The Morgan fingerprint density at radius 3 is 2.57 bits per heavy atom. The zero-order valence-corrected chi connectivity index (χ0v) is 16.8. The van der Waals surface area contributed by atoms with Gasteiger partial charge < -0.3 is 18.9 Å². The van der Waals surface area contributed by atoms with Crippen molar-refractivity contribution in [3.63, 3.8) is 0 Å². The standard InChI is InChI=1S/C21H26N2O5/c1-6-23(11-14(2)3)20(24)13-27-21(25)17-9-7-8-10-19(17)26-12-18-15(4)22-28-16(18)5/h7-10H,2,6,11-13H2,1,3-5H3. The second-order valence-electron chi connectivity index (χ2n) is 6.53. The molecule has 0 saturated carbocycles. The number of ether oxygens (including phenoxy) is 2. The first-order chi connectivity index (χ1) is 13.3. The highest BCUT2D eigenvalue weighted by Gasteiger charge is 2.19. The molecule has 0 atom stereocenters. The van der Waals surface area contributed by atoms with Crippen molar-refractivity contribution in [3.05, 3.63) is 59.0 Å². The zero-order valence-electron chi connectivity index (χ0n) is 16.8. The maximum absolute atomic E-state index is 12.5. The van der Waals surface area contributed by atoms with Gasteiger partial charge in [0.15, 0.2) is 6.61 Å². The van der Waals surface area contributed by atoms with Crippen LogP contribution in [0.5, 0.6) is 5.75 Å². The number of carbonyl (C=O) groups is 2. The molecular formula is C21H26N2O5. The number of amides is 1. The van der Waals surface area contributed by atoms with Crippen molar-refractivity contribution < 1.29 is 23.6 Å². The SMILES string of the molecule is C=C(C)CN(CC)C(=O)COC(=O)c1ccccc1OCc1c(C)noc1C. The average Bonchev–Trinajstić information content (AvgIpc) is 3.00. The lowest BCUT2D eigenvalue weighted by Gasteiger charge is -2.20. The van der Waals surface area contributed by atoms with Gasteiger partial charge in [-0.1, -0.05) is 29.4 Å². The second kappa shape index (κ2) is 9.73. The van der Waals surface area contributed by atoms with Gasteiger partial charge in [0.2, 0.25) is 0 Å². The van der Waals surface area contributed by atoms with E-state index in [0.717, 1.165) is 16.8 Å². The Morgan fingerprint density at radius 1 is 1.25 bits per heavy atom. The van der Waals surface area contributed by atoms with Gasteiger partial charge in [-0.3, -0.25) is 4.79 Å². The molecule has 0 unspecified atom stereocenters. The van der Waals surface area contributed by atoms with Gasteiger partial charge in [-0.25, -0.2) is 4.79 Å². The van der Waals surface area contributed by atoms with Crippen LogP contribution < -0.4 is 4.74 Å². The summed E-state index contributed by atoms with van der Waals surface area (Å²) in [5, 5.41) is 3.88. The third kappa shape index (κ3) is 5.45. The lowest BCUT2D eigenvalue weighted by molar-refractivity contribution is -0.133. The van der Waals surface area contributed by atoms with E-state index in [1.54, 1.807) is 36.1 Å². The maximum Gasteiger partial charge on any atom is 0.342 e. The summed E-state index contributed by atoms with van der Waals surface area (Å²) in [6.45, 7) is 12.0. The number of nitrogens with zero attached hydrogens (tertiary/aromatic N) is 2. The third-order valence-corrected chi connectivity index (χ3v) is 4.18. The number of para-hydroxylation sites is 1. The van der Waals surface area contributed by atoms with E-state index in [-0.39, 0.29) is 24.7 Å². The van der Waals surface area contributed by atoms with Crippen molar-refractivity contribution in [1.82, 2.24) is 10.1 Å². The van der Waals surface area contributed by atoms with Crippen molar-refractivity contribution in [2.24, 2.45) is 0 Å². The van der Waals surface area contributed by atoms with E-state index in [2.05, 4.69) is 11.7 Å². The summed E-state index contributed by atoms with van der Waals surface area (Å²) in [6.07, 6.45) is 0. The van der Waals surface area contributed by atoms with Crippen molar-refractivity contribution in [2.45, 2.75) is 34.3 Å². The molecule has 1 aromatic heterocycles. The predicted octanol–water partition coefficient (Wildman–Crippen LogP) is 3.45. The number of rotatable bonds is 9. The summed E-state index contributed by atoms with van der Waals surface area (Å²) >= 11 is 0. The molecule has 7 nitrogen and oxygen atoms in total. The van der Waals surface area contributed by atoms with E-state index in [9.17, 15) is 9.59 Å². The molecule has 0 bridgehead atoms. The van der Waals surface area contributed by atoms with Crippen LogP contribution in [0.25, 0.3) is 0 Å². The normalized spacial score (nSPS) is 10.4. The highest BCUT2D eigenvalue weighted by Crippen LogP contribution is 2.22. The van der Waals surface area contributed by atoms with Gasteiger partial charge in [0.1, 0.15) is 23.7 Å². The molecule has 2 aromatic rings. The fourth-order valence-electron chi connectivity index (χ4n) is 2.62. The number of hydrogen-bond acceptors (Lipinski definition) is 6. The fraction of sp³-hybridized carbons (Fsp3) is 0.381. The van der Waals surface area contributed by atoms with Crippen molar-refractivity contribution in [1.29, 1.82) is 0 Å². The molecular weight excluding hydrogens is 360 g/mol. The molecule has 1 amide bonds. The average molecular weight is 386 g/mol. The zero-order chi connectivity index (χ0) is 20.7. The predicted molar refractivity (Wildman–Crippen MR) is 104 cm³/mol. The van der Waals surface area contributed by atoms with Gasteiger partial charge in [-0.05, 0) is 39.8 Å². The number of benzene rings is 1. The molecule has 1 heterocycles. The van der Waals surface area contributed by atoms with Crippen molar-refractivity contribution in [3.8, 4) is 5.75 Å². The molecule has 0 aliphatic heterocycles. The maximum atomic E-state index is 12.5. The van der Waals surface area contributed by atoms with Crippen LogP contribution in [0.3, 0.4) is 0 Å². The largest absolute Gasteiger partial charge is 0.488 e. The minimum atomic E-state index is -0.617. The van der Waals surface area contributed by atoms with Gasteiger partial charge in [-0.2, -0.15) is 0 Å². The van der Waals surface area contributed by atoms with Gasteiger partial charge in [-0.15, -0.1) is 0 Å². The number of likely N-dealkylation sites (N-methyl/N-ethyl adjacent to an activating group) is 1. The number of esters is 1. The lowest BCUT2D eigenvalue weighted by atomic mass is 10.2. The molecule has 0 spiro atoms. The fourth-order valence-corrected chi connectivity index (χ4v) is 2.62. The molecule has 28 heavy (non-hydrogen) atoms. The second-order valence-corrected chi connectivity index (χ2v) is 6.53. The Labute approximate surface area is 164 Å². The molecule has 2 rings (SSSR count). The topological polar surface area (TPSA) is 81.9 Å². The summed E-state index contributed by atoms with van der Waals surface area (Å²) in [6, 6.07) is 6.74. The smallest absolute Gasteiger partial charge is 0.342 e. The highest BCUT2D eigenvalue weighted by atomic mass is 16.5. The lowest BCUT2D eigenvalue weighted by Crippen LogP contribution is -2.35. The number of hydrogen-bond donors (Lipinski definition) is 0. The van der Waals surface area contributed by atoms with E-state index in [1.165, 1.54) is 0 Å². The Balaban J connectivity index is 2.02. The van der Waals surface area contributed by atoms with Gasteiger partial charge >= 0.3 is 5.97 Å². The Bertz CT molecular complexity index is 837. The first-order valence-electron chi connectivity index (χ1n) is 9.06. The molecule has 7 heteroatoms. The molecule has 0 radical (unpaired) electrons. The van der Waals surface area contributed by atoms with Gasteiger partial charge in [0.25, 0.3) is 5.91 Å². The van der Waals surface area contributed by atoms with Crippen LogP contribution in [-0.4, -0.2) is 41.6 Å². The van der Waals surface area contributed by atoms with E-state index in [0.29, 0.717) is 24.6 Å². The first kappa shape index (κ1) is 21.2. The van der Waals surface area contributed by atoms with E-state index >= 15 is 0 Å². The van der Waals surface area contributed by atoms with Crippen LogP contribution in [0, 0.1) is 13.8 Å². The van der Waals surface area contributed by atoms with Crippen LogP contribution in [0.15, 0.2) is 40.9 Å². The van der Waals surface area contributed by atoms with E-state index in [1.807, 2.05) is 20.8 Å². The van der Waals surface area contributed by atoms with Crippen LogP contribution in [0.1, 0.15) is 41.2 Å². The summed E-state index contributed by atoms with van der Waals surface area (Å²) < 4.78 is 16.1. The number of aromatic nitrogens is 1. The van der Waals surface area contributed by atoms with Crippen LogP contribution in [-0.2, 0) is 16.1 Å². The van der Waals surface area contributed by atoms with Crippen molar-refractivity contribution >= 4 is 11.9 Å². The number of aryl methyl sites for hydroxylation is 2. The van der Waals surface area contributed by atoms with Crippen LogP contribution in [0.4, 0.5) is 0 Å². The minimum Gasteiger partial charge on any atom is -0.488 e. The van der Waals surface area contributed by atoms with E-state index < -0.39 is 5.97 Å². The van der Waals surface area contributed by atoms with E-state index in [4.69, 9.17) is 14.0 Å². The number of carbonyl (C=O) groups excluding carboxylic acids is 2. The summed E-state index contributed by atoms with van der Waals surface area (Å²) in [5.41, 5.74) is 2.68. The van der Waals surface area contributed by atoms with Crippen LogP contribution in [0.2, 0.25) is 0 Å². The van der Waals surface area contributed by atoms with Gasteiger partial charge in [0, 0.05) is 13.1 Å². The summed E-state index contributed by atoms with van der Waals surface area (Å²) in [5.74, 6) is 0.150. The quantitative estimate of drug-likeness (QED) is 0.485. The molecule has 0 aliphatic carbocycles. The highest BCUT2D eigenvalue weighted by molar-refractivity contribution is 5.94. The first-order valence-corrected chi connectivity index (χ1v) is 9.06. The van der Waals surface area contributed by atoms with Gasteiger partial charge in [0.05, 0.1) is 11.3 Å². The Morgan fingerprint density at radius 2 is 1.96 bits per heavy atom. The van der Waals surface area contributed by atoms with Crippen LogP contribution >= 0.6 is 0 Å². The summed E-state index contributed by atoms with van der Waals surface area (Å²) in [7, 11) is 0. The minimum absolute atomic E-state index is 0.215.